The van der Waals surface area contributed by atoms with Crippen molar-refractivity contribution in [3.05, 3.63) is 39.7 Å². The highest BCUT2D eigenvalue weighted by Gasteiger charge is 2.17. The van der Waals surface area contributed by atoms with Crippen molar-refractivity contribution in [1.29, 1.82) is 0 Å². The Balaban J connectivity index is 2.66. The van der Waals surface area contributed by atoms with E-state index in [1.165, 1.54) is 0 Å². The molecule has 0 aromatic heterocycles. The molecule has 1 atom stereocenters. The van der Waals surface area contributed by atoms with E-state index < -0.39 is 22.3 Å². The number of alkyl halides is 1. The summed E-state index contributed by atoms with van der Waals surface area (Å²) < 4.78 is 13.6. The lowest BCUT2D eigenvalue weighted by atomic mass is 10.1. The summed E-state index contributed by atoms with van der Waals surface area (Å²) in [7, 11) is 0. The highest BCUT2D eigenvalue weighted by atomic mass is 35.5. The Hall–Kier alpha value is -1.69. The van der Waals surface area contributed by atoms with Crippen LogP contribution in [0.2, 0.25) is 0 Å². The predicted molar refractivity (Wildman–Crippen MR) is 74.5 cm³/mol. The third kappa shape index (κ3) is 4.77. The molecule has 0 fully saturated rings. The number of carbonyl (C=O) groups excluding carboxylic acids is 1. The fourth-order valence-corrected chi connectivity index (χ4v) is 2.13. The maximum Gasteiger partial charge on any atom is 0.272 e. The summed E-state index contributed by atoms with van der Waals surface area (Å²) >= 11 is 6.02. The lowest BCUT2D eigenvalue weighted by Gasteiger charge is -2.13. The summed E-state index contributed by atoms with van der Waals surface area (Å²) in [5, 5.41) is 12.7. The number of rotatable bonds is 6. The third-order valence-corrected chi connectivity index (χ3v) is 2.95. The van der Waals surface area contributed by atoms with Crippen LogP contribution >= 0.6 is 11.6 Å². The number of amides is 1. The van der Waals surface area contributed by atoms with Crippen LogP contribution in [0.5, 0.6) is 0 Å². The highest BCUT2D eigenvalue weighted by Crippen LogP contribution is 2.16. The number of hydrogen-bond acceptors (Lipinski definition) is 3. The Labute approximate surface area is 121 Å². The summed E-state index contributed by atoms with van der Waals surface area (Å²) in [4.78, 5) is 21.5. The molecule has 0 aliphatic heterocycles. The second-order valence-corrected chi connectivity index (χ2v) is 5.48. The minimum atomic E-state index is -0.924. The van der Waals surface area contributed by atoms with Gasteiger partial charge in [0.15, 0.2) is 0 Å². The zero-order valence-corrected chi connectivity index (χ0v) is 12.0. The van der Waals surface area contributed by atoms with Gasteiger partial charge < -0.3 is 5.32 Å². The van der Waals surface area contributed by atoms with Crippen LogP contribution in [0.1, 0.15) is 30.6 Å². The third-order valence-electron chi connectivity index (χ3n) is 2.62. The topological polar surface area (TPSA) is 72.2 Å². The fourth-order valence-electron chi connectivity index (χ4n) is 1.70. The van der Waals surface area contributed by atoms with E-state index in [1.807, 2.05) is 13.8 Å². The maximum absolute atomic E-state index is 13.6. The summed E-state index contributed by atoms with van der Waals surface area (Å²) in [6.07, 6.45) is 0.727. The number of non-ortho nitro benzene ring substituents is 1. The first kappa shape index (κ1) is 16.4. The molecular weight excluding hydrogens is 287 g/mol. The molecule has 0 bridgehead atoms. The maximum atomic E-state index is 13.6. The number of nitrogens with one attached hydrogen (secondary N) is 1. The van der Waals surface area contributed by atoms with E-state index in [0.29, 0.717) is 5.92 Å². The van der Waals surface area contributed by atoms with E-state index in [0.717, 1.165) is 24.6 Å². The molecule has 1 N–H and O–H groups in total. The zero-order chi connectivity index (χ0) is 15.3. The largest absolute Gasteiger partial charge is 0.350 e. The second-order valence-electron chi connectivity index (χ2n) is 4.86. The minimum Gasteiger partial charge on any atom is -0.350 e. The SMILES string of the molecule is CC(C)CC(Cl)CNC(=O)c1ccc([N+](=O)[O-])cc1F. The van der Waals surface area contributed by atoms with E-state index in [9.17, 15) is 19.3 Å². The molecule has 1 rings (SSSR count). The van der Waals surface area contributed by atoms with Gasteiger partial charge in [0.2, 0.25) is 0 Å². The summed E-state index contributed by atoms with van der Waals surface area (Å²) in [5.74, 6) is -1.16. The van der Waals surface area contributed by atoms with Gasteiger partial charge in [-0.3, -0.25) is 14.9 Å². The predicted octanol–water partition coefficient (Wildman–Crippen LogP) is 3.12. The van der Waals surface area contributed by atoms with Crippen molar-refractivity contribution in [2.45, 2.75) is 25.6 Å². The van der Waals surface area contributed by atoms with Crippen molar-refractivity contribution in [3.63, 3.8) is 0 Å². The summed E-state index contributed by atoms with van der Waals surface area (Å²) in [6, 6.07) is 2.90. The van der Waals surface area contributed by atoms with Gasteiger partial charge in [-0.05, 0) is 18.4 Å². The molecule has 0 radical (unpaired) electrons. The Morgan fingerprint density at radius 2 is 2.15 bits per heavy atom. The van der Waals surface area contributed by atoms with Crippen molar-refractivity contribution in [2.75, 3.05) is 6.54 Å². The molecule has 0 heterocycles. The number of nitro groups is 1. The minimum absolute atomic E-state index is 0.217. The first-order valence-corrected chi connectivity index (χ1v) is 6.61. The van der Waals surface area contributed by atoms with Gasteiger partial charge in [0.25, 0.3) is 11.6 Å². The molecule has 1 amide bonds. The molecule has 0 saturated heterocycles. The van der Waals surface area contributed by atoms with Crippen LogP contribution in [-0.4, -0.2) is 22.8 Å². The molecule has 5 nitrogen and oxygen atoms in total. The Bertz CT molecular complexity index is 508. The molecule has 0 aliphatic carbocycles. The summed E-state index contributed by atoms with van der Waals surface area (Å²) in [5.41, 5.74) is -0.627. The normalized spacial score (nSPS) is 12.2. The van der Waals surface area contributed by atoms with Gasteiger partial charge in [-0.25, -0.2) is 4.39 Å². The first-order chi connectivity index (χ1) is 9.31. The Morgan fingerprint density at radius 1 is 1.50 bits per heavy atom. The van der Waals surface area contributed by atoms with Crippen LogP contribution in [-0.2, 0) is 0 Å². The molecule has 1 aromatic rings. The molecule has 0 aliphatic rings. The van der Waals surface area contributed by atoms with Crippen molar-refractivity contribution < 1.29 is 14.1 Å². The van der Waals surface area contributed by atoms with E-state index in [4.69, 9.17) is 11.6 Å². The number of nitrogens with zero attached hydrogens (tertiary/aromatic N) is 1. The van der Waals surface area contributed by atoms with Gasteiger partial charge in [-0.2, -0.15) is 0 Å². The van der Waals surface area contributed by atoms with Gasteiger partial charge in [0.05, 0.1) is 21.9 Å². The zero-order valence-electron chi connectivity index (χ0n) is 11.2. The van der Waals surface area contributed by atoms with Gasteiger partial charge in [0, 0.05) is 12.6 Å². The smallest absolute Gasteiger partial charge is 0.272 e. The van der Waals surface area contributed by atoms with Crippen LogP contribution in [0.25, 0.3) is 0 Å². The molecule has 0 saturated carbocycles. The number of benzene rings is 1. The van der Waals surface area contributed by atoms with E-state index in [2.05, 4.69) is 5.32 Å². The van der Waals surface area contributed by atoms with E-state index >= 15 is 0 Å². The lowest BCUT2D eigenvalue weighted by molar-refractivity contribution is -0.385. The van der Waals surface area contributed by atoms with Crippen LogP contribution < -0.4 is 5.32 Å². The van der Waals surface area contributed by atoms with Crippen LogP contribution in [0.15, 0.2) is 18.2 Å². The average molecular weight is 303 g/mol. The quantitative estimate of drug-likeness (QED) is 0.498. The molecule has 1 unspecified atom stereocenters. The highest BCUT2D eigenvalue weighted by molar-refractivity contribution is 6.21. The summed E-state index contributed by atoms with van der Waals surface area (Å²) in [6.45, 7) is 4.23. The van der Waals surface area contributed by atoms with Crippen molar-refractivity contribution in [3.8, 4) is 0 Å². The van der Waals surface area contributed by atoms with Crippen molar-refractivity contribution >= 4 is 23.2 Å². The lowest BCUT2D eigenvalue weighted by Crippen LogP contribution is -2.31. The second kappa shape index (κ2) is 7.19. The fraction of sp³-hybridized carbons (Fsp3) is 0.462. The van der Waals surface area contributed by atoms with Gasteiger partial charge in [0.1, 0.15) is 5.82 Å². The van der Waals surface area contributed by atoms with Gasteiger partial charge in [-0.1, -0.05) is 13.8 Å². The molecular formula is C13H16ClFN2O3. The molecule has 110 valence electrons. The first-order valence-electron chi connectivity index (χ1n) is 6.17. The monoisotopic (exact) mass is 302 g/mol. The average Bonchev–Trinajstić information content (AvgIpc) is 2.34. The number of nitro benzene ring substituents is 1. The number of carbonyl (C=O) groups is 1. The number of halogens is 2. The van der Waals surface area contributed by atoms with Crippen molar-refractivity contribution in [1.82, 2.24) is 5.32 Å². The van der Waals surface area contributed by atoms with Gasteiger partial charge >= 0.3 is 0 Å². The molecule has 1 aromatic carbocycles. The van der Waals surface area contributed by atoms with Crippen molar-refractivity contribution in [2.24, 2.45) is 5.92 Å². The standard InChI is InChI=1S/C13H16ClFN2O3/c1-8(2)5-9(14)7-16-13(18)11-4-3-10(17(19)20)6-12(11)15/h3-4,6,8-9H,5,7H2,1-2H3,(H,16,18). The van der Waals surface area contributed by atoms with Crippen LogP contribution in [0.4, 0.5) is 10.1 Å². The molecule has 7 heteroatoms. The Kier molecular flexibility index (Phi) is 5.88. The van der Waals surface area contributed by atoms with E-state index in [-0.39, 0.29) is 17.5 Å². The van der Waals surface area contributed by atoms with Crippen LogP contribution in [0, 0.1) is 21.8 Å². The number of hydrogen-bond donors (Lipinski definition) is 1. The van der Waals surface area contributed by atoms with E-state index in [1.54, 1.807) is 0 Å². The Morgan fingerprint density at radius 3 is 2.65 bits per heavy atom. The molecule has 20 heavy (non-hydrogen) atoms. The van der Waals surface area contributed by atoms with Crippen LogP contribution in [0.3, 0.4) is 0 Å². The molecule has 0 spiro atoms. The van der Waals surface area contributed by atoms with Gasteiger partial charge in [-0.15, -0.1) is 11.6 Å².